The Balaban J connectivity index is 1.21. The maximum Gasteiger partial charge on any atom is 0.416 e. The number of aromatic nitrogens is 2. The summed E-state index contributed by atoms with van der Waals surface area (Å²) in [5, 5.41) is 4.69. The Morgan fingerprint density at radius 2 is 1.64 bits per heavy atom. The second-order valence-electron chi connectivity index (χ2n) is 11.6. The van der Waals surface area contributed by atoms with Crippen molar-refractivity contribution in [2.45, 2.75) is 81.6 Å². The molecule has 2 unspecified atom stereocenters. The molecule has 7 nitrogen and oxygen atoms in total. The van der Waals surface area contributed by atoms with Gasteiger partial charge in [0.25, 0.3) is 5.91 Å². The number of hydrogen-bond acceptors (Lipinski definition) is 4. The molecule has 1 aromatic carbocycles. The first kappa shape index (κ1) is 26.3. The molecule has 4 fully saturated rings. The number of carbonyl (C=O) groups is 2. The van der Waals surface area contributed by atoms with Crippen molar-refractivity contribution in [1.82, 2.24) is 24.5 Å². The predicted molar refractivity (Wildman–Crippen MR) is 139 cm³/mol. The molecule has 1 saturated carbocycles. The van der Waals surface area contributed by atoms with E-state index in [0.29, 0.717) is 38.0 Å². The van der Waals surface area contributed by atoms with Gasteiger partial charge in [0.15, 0.2) is 0 Å². The molecule has 1 aliphatic carbocycles. The second-order valence-corrected chi connectivity index (χ2v) is 11.6. The second kappa shape index (κ2) is 10.3. The van der Waals surface area contributed by atoms with Crippen LogP contribution in [0.5, 0.6) is 0 Å². The lowest BCUT2D eigenvalue weighted by Crippen LogP contribution is -2.47. The molecule has 4 aliphatic rings. The first-order valence-corrected chi connectivity index (χ1v) is 14.3. The Morgan fingerprint density at radius 1 is 0.923 bits per heavy atom. The lowest BCUT2D eigenvalue weighted by atomic mass is 9.97. The molecular formula is C29H36F3N5O2. The minimum atomic E-state index is -4.47. The van der Waals surface area contributed by atoms with Crippen molar-refractivity contribution in [3.8, 4) is 0 Å². The van der Waals surface area contributed by atoms with Gasteiger partial charge in [-0.2, -0.15) is 18.3 Å². The monoisotopic (exact) mass is 543 g/mol. The molecule has 3 saturated heterocycles. The topological polar surface area (TPSA) is 61.7 Å². The van der Waals surface area contributed by atoms with Crippen LogP contribution < -0.4 is 0 Å². The summed E-state index contributed by atoms with van der Waals surface area (Å²) in [5.74, 6) is 0.243. The number of benzene rings is 1. The summed E-state index contributed by atoms with van der Waals surface area (Å²) in [5.41, 5.74) is 0.953. The highest BCUT2D eigenvalue weighted by molar-refractivity contribution is 5.96. The van der Waals surface area contributed by atoms with E-state index in [9.17, 15) is 22.8 Å². The Bertz CT molecular complexity index is 1230. The van der Waals surface area contributed by atoms with Crippen molar-refractivity contribution in [3.05, 3.63) is 52.8 Å². The average molecular weight is 544 g/mol. The van der Waals surface area contributed by atoms with E-state index in [2.05, 4.69) is 10.00 Å². The Morgan fingerprint density at radius 3 is 2.31 bits per heavy atom. The number of rotatable bonds is 5. The van der Waals surface area contributed by atoms with E-state index >= 15 is 0 Å². The molecule has 39 heavy (non-hydrogen) atoms. The number of likely N-dealkylation sites (tertiary alicyclic amines) is 3. The van der Waals surface area contributed by atoms with E-state index < -0.39 is 17.8 Å². The molecule has 6 rings (SSSR count). The van der Waals surface area contributed by atoms with Gasteiger partial charge in [-0.05, 0) is 76.6 Å². The maximum atomic E-state index is 13.9. The molecule has 0 radical (unpaired) electrons. The quantitative estimate of drug-likeness (QED) is 0.532. The van der Waals surface area contributed by atoms with Gasteiger partial charge >= 0.3 is 6.18 Å². The van der Waals surface area contributed by atoms with E-state index in [1.807, 2.05) is 16.6 Å². The molecule has 1 aromatic heterocycles. The first-order chi connectivity index (χ1) is 18.7. The highest BCUT2D eigenvalue weighted by Gasteiger charge is 2.42. The number of alkyl halides is 3. The van der Waals surface area contributed by atoms with Gasteiger partial charge in [-0.3, -0.25) is 19.2 Å². The summed E-state index contributed by atoms with van der Waals surface area (Å²) in [6, 6.07) is 5.10. The fourth-order valence-electron chi connectivity index (χ4n) is 6.89. The van der Waals surface area contributed by atoms with Crippen LogP contribution in [0.4, 0.5) is 13.2 Å². The lowest BCUT2D eigenvalue weighted by Gasteiger charge is -2.35. The van der Waals surface area contributed by atoms with E-state index in [1.165, 1.54) is 12.1 Å². The zero-order valence-corrected chi connectivity index (χ0v) is 22.4. The molecule has 0 bridgehead atoms. The number of likely N-dealkylation sites (N-methyl/N-ethyl adjacent to an activating group) is 1. The largest absolute Gasteiger partial charge is 0.416 e. The van der Waals surface area contributed by atoms with Gasteiger partial charge < -0.3 is 9.80 Å². The van der Waals surface area contributed by atoms with Crippen LogP contribution in [-0.2, 0) is 11.0 Å². The third-order valence-electron chi connectivity index (χ3n) is 9.09. The minimum absolute atomic E-state index is 0.0200. The van der Waals surface area contributed by atoms with Crippen molar-refractivity contribution in [2.75, 3.05) is 33.2 Å². The van der Waals surface area contributed by atoms with Crippen molar-refractivity contribution in [1.29, 1.82) is 0 Å². The van der Waals surface area contributed by atoms with Crippen LogP contribution in [0.15, 0.2) is 30.5 Å². The van der Waals surface area contributed by atoms with Crippen molar-refractivity contribution < 1.29 is 22.8 Å². The molecule has 0 spiro atoms. The lowest BCUT2D eigenvalue weighted by molar-refractivity contribution is -0.139. The van der Waals surface area contributed by atoms with Gasteiger partial charge in [-0.15, -0.1) is 0 Å². The van der Waals surface area contributed by atoms with Crippen molar-refractivity contribution >= 4 is 11.8 Å². The van der Waals surface area contributed by atoms with Gasteiger partial charge in [-0.25, -0.2) is 0 Å². The van der Waals surface area contributed by atoms with Crippen LogP contribution in [0.3, 0.4) is 0 Å². The zero-order chi connectivity index (χ0) is 27.3. The number of hydrogen-bond donors (Lipinski definition) is 0. The van der Waals surface area contributed by atoms with E-state index in [-0.39, 0.29) is 35.4 Å². The highest BCUT2D eigenvalue weighted by atomic mass is 19.4. The molecule has 2 atom stereocenters. The Kier molecular flexibility index (Phi) is 6.93. The number of carbonyl (C=O) groups excluding carboxylic acids is 2. The summed E-state index contributed by atoms with van der Waals surface area (Å²) in [6.45, 7) is 2.73. The Hall–Kier alpha value is -2.88. The van der Waals surface area contributed by atoms with Gasteiger partial charge in [0, 0.05) is 25.6 Å². The summed E-state index contributed by atoms with van der Waals surface area (Å²) >= 11 is 0. The first-order valence-electron chi connectivity index (χ1n) is 14.3. The summed E-state index contributed by atoms with van der Waals surface area (Å²) < 4.78 is 43.3. The van der Waals surface area contributed by atoms with Gasteiger partial charge in [0.05, 0.1) is 41.1 Å². The minimum Gasteiger partial charge on any atom is -0.341 e. The van der Waals surface area contributed by atoms with E-state index in [4.69, 9.17) is 0 Å². The Labute approximate surface area is 226 Å². The van der Waals surface area contributed by atoms with Crippen LogP contribution in [-0.4, -0.2) is 75.6 Å². The van der Waals surface area contributed by atoms with E-state index in [0.717, 1.165) is 56.8 Å². The number of nitrogens with zero attached hydrogens (tertiary/aromatic N) is 5. The van der Waals surface area contributed by atoms with Crippen LogP contribution in [0.2, 0.25) is 0 Å². The van der Waals surface area contributed by atoms with Gasteiger partial charge in [0.2, 0.25) is 5.91 Å². The molecular weight excluding hydrogens is 507 g/mol. The summed E-state index contributed by atoms with van der Waals surface area (Å²) in [6.07, 6.45) is 3.83. The third-order valence-corrected chi connectivity index (χ3v) is 9.09. The molecule has 2 aromatic rings. The predicted octanol–water partition coefficient (Wildman–Crippen LogP) is 5.01. The van der Waals surface area contributed by atoms with Crippen LogP contribution in [0.1, 0.15) is 96.5 Å². The van der Waals surface area contributed by atoms with E-state index in [1.54, 1.807) is 17.2 Å². The third kappa shape index (κ3) is 4.96. The molecule has 0 N–H and O–H groups in total. The smallest absolute Gasteiger partial charge is 0.341 e. The fourth-order valence-corrected chi connectivity index (χ4v) is 6.89. The highest BCUT2D eigenvalue weighted by Crippen LogP contribution is 2.45. The maximum absolute atomic E-state index is 13.9. The van der Waals surface area contributed by atoms with Gasteiger partial charge in [-0.1, -0.05) is 18.2 Å². The standard InChI is InChI=1S/C29H36F3N5O2/c1-34-14-4-9-25(34)28(39)35-16-12-20(13-17-35)37-26(19-10-11-19)22(18-33-37)27(38)36-15-5-8-24(36)21-6-2-3-7-23(21)29(30,31)32/h2-3,6-7,18-20,24-25H,4-5,8-17H2,1H3. The SMILES string of the molecule is CN1CCCC1C(=O)N1CCC(n2ncc(C(=O)N3CCCC3c3ccccc3C(F)(F)F)c2C2CC2)CC1. The molecule has 4 heterocycles. The number of piperidine rings is 1. The molecule has 3 aliphatic heterocycles. The summed E-state index contributed by atoms with van der Waals surface area (Å²) in [7, 11) is 2.01. The number of amides is 2. The zero-order valence-electron chi connectivity index (χ0n) is 22.4. The van der Waals surface area contributed by atoms with Crippen molar-refractivity contribution in [3.63, 3.8) is 0 Å². The van der Waals surface area contributed by atoms with Crippen LogP contribution in [0, 0.1) is 0 Å². The fraction of sp³-hybridized carbons (Fsp3) is 0.621. The van der Waals surface area contributed by atoms with Crippen LogP contribution in [0.25, 0.3) is 0 Å². The van der Waals surface area contributed by atoms with Gasteiger partial charge in [0.1, 0.15) is 0 Å². The normalized spacial score (nSPS) is 25.0. The van der Waals surface area contributed by atoms with Crippen LogP contribution >= 0.6 is 0 Å². The molecule has 210 valence electrons. The molecule has 2 amide bonds. The number of halogens is 3. The summed E-state index contributed by atoms with van der Waals surface area (Å²) in [4.78, 5) is 32.7. The average Bonchev–Trinajstić information content (AvgIpc) is 3.29. The molecule has 10 heteroatoms. The van der Waals surface area contributed by atoms with Crippen molar-refractivity contribution in [2.24, 2.45) is 0 Å².